The number of anilines is 1. The molecule has 2 atom stereocenters. The van der Waals surface area contributed by atoms with Crippen molar-refractivity contribution < 1.29 is 4.74 Å². The molecule has 0 bridgehead atoms. The molecule has 1 aromatic carbocycles. The molecule has 0 amide bonds. The summed E-state index contributed by atoms with van der Waals surface area (Å²) in [5, 5.41) is 0. The summed E-state index contributed by atoms with van der Waals surface area (Å²) in [5.41, 5.74) is 1.14. The minimum absolute atomic E-state index is 0.174. The quantitative estimate of drug-likeness (QED) is 0.783. The van der Waals surface area contributed by atoms with E-state index in [1.165, 1.54) is 0 Å². The lowest BCUT2D eigenvalue weighted by Gasteiger charge is -2.21. The van der Waals surface area contributed by atoms with Gasteiger partial charge in [-0.3, -0.25) is 4.90 Å². The predicted molar refractivity (Wildman–Crippen MR) is 71.5 cm³/mol. The highest BCUT2D eigenvalue weighted by molar-refractivity contribution is 5.94. The van der Waals surface area contributed by atoms with E-state index in [9.17, 15) is 0 Å². The van der Waals surface area contributed by atoms with Gasteiger partial charge in [0, 0.05) is 11.7 Å². The number of benzene rings is 1. The van der Waals surface area contributed by atoms with Gasteiger partial charge in [0.15, 0.2) is 0 Å². The monoisotopic (exact) mass is 232 g/mol. The molecule has 0 saturated carbocycles. The normalized spacial score (nSPS) is 26.6. The summed E-state index contributed by atoms with van der Waals surface area (Å²) < 4.78 is 5.83. The van der Waals surface area contributed by atoms with Gasteiger partial charge in [-0.15, -0.1) is 0 Å². The maximum atomic E-state index is 5.83. The van der Waals surface area contributed by atoms with Gasteiger partial charge in [0.2, 0.25) is 0 Å². The molecule has 1 aliphatic rings. The summed E-state index contributed by atoms with van der Waals surface area (Å²) >= 11 is 0. The molecule has 1 saturated heterocycles. The zero-order chi connectivity index (χ0) is 12.4. The number of aliphatic imine (C=N–C) groups is 1. The standard InChI is InChI=1S/C14H20N2O/c1-10(2)15-14-16(11(3)12(4)17-14)13-8-6-5-7-9-13/h5-12H,1-4H3/t11-,12+/m1/s1. The lowest BCUT2D eigenvalue weighted by atomic mass is 10.2. The molecular formula is C14H20N2O. The van der Waals surface area contributed by atoms with Gasteiger partial charge in [0.25, 0.3) is 6.02 Å². The Labute approximate surface area is 103 Å². The van der Waals surface area contributed by atoms with Crippen molar-refractivity contribution in [2.24, 2.45) is 4.99 Å². The van der Waals surface area contributed by atoms with Crippen LogP contribution >= 0.6 is 0 Å². The van der Waals surface area contributed by atoms with E-state index in [2.05, 4.69) is 49.7 Å². The first-order valence-electron chi connectivity index (χ1n) is 6.18. The van der Waals surface area contributed by atoms with E-state index in [0.717, 1.165) is 11.7 Å². The van der Waals surface area contributed by atoms with E-state index in [-0.39, 0.29) is 12.1 Å². The Morgan fingerprint density at radius 1 is 1.18 bits per heavy atom. The van der Waals surface area contributed by atoms with E-state index >= 15 is 0 Å². The van der Waals surface area contributed by atoms with Crippen molar-refractivity contribution in [3.8, 4) is 0 Å². The van der Waals surface area contributed by atoms with Crippen LogP contribution in [0.2, 0.25) is 0 Å². The maximum Gasteiger partial charge on any atom is 0.292 e. The van der Waals surface area contributed by atoms with Crippen LogP contribution < -0.4 is 4.90 Å². The first kappa shape index (κ1) is 12.0. The molecule has 1 aromatic rings. The van der Waals surface area contributed by atoms with E-state index in [1.54, 1.807) is 0 Å². The van der Waals surface area contributed by atoms with E-state index in [4.69, 9.17) is 4.74 Å². The first-order chi connectivity index (χ1) is 8.09. The summed E-state index contributed by atoms with van der Waals surface area (Å²) in [6.07, 6.45) is 0.174. The van der Waals surface area contributed by atoms with Crippen LogP contribution in [0.5, 0.6) is 0 Å². The Bertz CT molecular complexity index is 400. The van der Waals surface area contributed by atoms with Gasteiger partial charge in [-0.1, -0.05) is 18.2 Å². The van der Waals surface area contributed by atoms with Gasteiger partial charge in [0.05, 0.1) is 6.04 Å². The largest absolute Gasteiger partial charge is 0.460 e. The number of rotatable bonds is 2. The van der Waals surface area contributed by atoms with Crippen molar-refractivity contribution >= 4 is 11.7 Å². The Morgan fingerprint density at radius 3 is 2.41 bits per heavy atom. The predicted octanol–water partition coefficient (Wildman–Crippen LogP) is 3.06. The van der Waals surface area contributed by atoms with Crippen LogP contribution in [0, 0.1) is 0 Å². The highest BCUT2D eigenvalue weighted by Crippen LogP contribution is 2.26. The molecule has 17 heavy (non-hydrogen) atoms. The Hall–Kier alpha value is -1.51. The SMILES string of the molecule is CC(C)N=C1O[C@@H](C)[C@@H](C)N1c1ccccc1. The van der Waals surface area contributed by atoms with Gasteiger partial charge in [-0.05, 0) is 39.8 Å². The topological polar surface area (TPSA) is 24.8 Å². The van der Waals surface area contributed by atoms with Gasteiger partial charge in [-0.2, -0.15) is 0 Å². The first-order valence-corrected chi connectivity index (χ1v) is 6.18. The number of hydrogen-bond acceptors (Lipinski definition) is 2. The Kier molecular flexibility index (Phi) is 3.36. The Balaban J connectivity index is 2.35. The third-order valence-electron chi connectivity index (χ3n) is 2.99. The average Bonchev–Trinajstić information content (AvgIpc) is 2.55. The van der Waals surface area contributed by atoms with Crippen molar-refractivity contribution in [3.63, 3.8) is 0 Å². The fourth-order valence-electron chi connectivity index (χ4n) is 1.95. The highest BCUT2D eigenvalue weighted by atomic mass is 16.5. The molecule has 3 nitrogen and oxygen atoms in total. The zero-order valence-corrected chi connectivity index (χ0v) is 10.9. The fourth-order valence-corrected chi connectivity index (χ4v) is 1.95. The van der Waals surface area contributed by atoms with Crippen LogP contribution in [0.15, 0.2) is 35.3 Å². The number of nitrogens with zero attached hydrogens (tertiary/aromatic N) is 2. The van der Waals surface area contributed by atoms with Gasteiger partial charge < -0.3 is 4.74 Å². The Morgan fingerprint density at radius 2 is 1.82 bits per heavy atom. The second-order valence-corrected chi connectivity index (χ2v) is 4.77. The van der Waals surface area contributed by atoms with Crippen molar-refractivity contribution in [1.29, 1.82) is 0 Å². The minimum atomic E-state index is 0.174. The number of amidine groups is 1. The zero-order valence-electron chi connectivity index (χ0n) is 10.9. The second-order valence-electron chi connectivity index (χ2n) is 4.77. The van der Waals surface area contributed by atoms with Crippen LogP contribution in [0.4, 0.5) is 5.69 Å². The highest BCUT2D eigenvalue weighted by Gasteiger charge is 2.35. The molecule has 0 radical (unpaired) electrons. The molecule has 0 unspecified atom stereocenters. The molecule has 0 spiro atoms. The summed E-state index contributed by atoms with van der Waals surface area (Å²) in [6.45, 7) is 8.38. The average molecular weight is 232 g/mol. The van der Waals surface area contributed by atoms with E-state index in [1.807, 2.05) is 18.2 Å². The van der Waals surface area contributed by atoms with Crippen LogP contribution in [-0.4, -0.2) is 24.2 Å². The summed E-state index contributed by atoms with van der Waals surface area (Å²) in [4.78, 5) is 6.73. The molecule has 92 valence electrons. The van der Waals surface area contributed by atoms with E-state index < -0.39 is 0 Å². The van der Waals surface area contributed by atoms with Gasteiger partial charge in [0.1, 0.15) is 6.10 Å². The third kappa shape index (κ3) is 2.43. The van der Waals surface area contributed by atoms with Crippen LogP contribution in [0.25, 0.3) is 0 Å². The minimum Gasteiger partial charge on any atom is -0.460 e. The number of para-hydroxylation sites is 1. The lowest BCUT2D eigenvalue weighted by Crippen LogP contribution is -2.34. The molecule has 0 N–H and O–H groups in total. The van der Waals surface area contributed by atoms with Gasteiger partial charge in [-0.25, -0.2) is 4.99 Å². The second kappa shape index (κ2) is 4.78. The van der Waals surface area contributed by atoms with Crippen molar-refractivity contribution in [2.75, 3.05) is 4.90 Å². The van der Waals surface area contributed by atoms with Crippen LogP contribution in [-0.2, 0) is 4.74 Å². The molecule has 1 aliphatic heterocycles. The molecule has 0 aromatic heterocycles. The summed E-state index contributed by atoms with van der Waals surface area (Å²) in [7, 11) is 0. The molecule has 1 heterocycles. The third-order valence-corrected chi connectivity index (χ3v) is 2.99. The molecular weight excluding hydrogens is 212 g/mol. The molecule has 1 fully saturated rings. The summed E-state index contributed by atoms with van der Waals surface area (Å²) in [6, 6.07) is 11.6. The van der Waals surface area contributed by atoms with Crippen LogP contribution in [0.1, 0.15) is 27.7 Å². The van der Waals surface area contributed by atoms with E-state index in [0.29, 0.717) is 6.04 Å². The summed E-state index contributed by atoms with van der Waals surface area (Å²) in [5.74, 6) is 0. The van der Waals surface area contributed by atoms with Gasteiger partial charge >= 0.3 is 0 Å². The van der Waals surface area contributed by atoms with Crippen molar-refractivity contribution in [3.05, 3.63) is 30.3 Å². The fraction of sp³-hybridized carbons (Fsp3) is 0.500. The lowest BCUT2D eigenvalue weighted by molar-refractivity contribution is 0.226. The molecule has 2 rings (SSSR count). The van der Waals surface area contributed by atoms with Crippen molar-refractivity contribution in [1.82, 2.24) is 0 Å². The smallest absolute Gasteiger partial charge is 0.292 e. The molecule has 0 aliphatic carbocycles. The number of ether oxygens (including phenoxy) is 1. The molecule has 3 heteroatoms. The van der Waals surface area contributed by atoms with Crippen LogP contribution in [0.3, 0.4) is 0 Å². The van der Waals surface area contributed by atoms with Crippen molar-refractivity contribution in [2.45, 2.75) is 45.9 Å². The maximum absolute atomic E-state index is 5.83. The number of hydrogen-bond donors (Lipinski definition) is 0.